The molecule has 2 nitrogen and oxygen atoms in total. The van der Waals surface area contributed by atoms with E-state index in [1.165, 1.54) is 11.1 Å². The van der Waals surface area contributed by atoms with Gasteiger partial charge in [0.05, 0.1) is 17.7 Å². The van der Waals surface area contributed by atoms with E-state index in [1.807, 2.05) is 18.2 Å². The highest BCUT2D eigenvalue weighted by Gasteiger charge is 2.27. The zero-order valence-electron chi connectivity index (χ0n) is 14.8. The number of fused-ring (bicyclic) bond motifs is 1. The van der Waals surface area contributed by atoms with Crippen LogP contribution in [0.5, 0.6) is 0 Å². The fraction of sp³-hybridized carbons (Fsp3) is 0.364. The lowest BCUT2D eigenvalue weighted by atomic mass is 9.85. The van der Waals surface area contributed by atoms with Crippen LogP contribution in [0.25, 0.3) is 0 Å². The zero-order chi connectivity index (χ0) is 17.2. The van der Waals surface area contributed by atoms with Crippen LogP contribution in [-0.2, 0) is 12.8 Å². The van der Waals surface area contributed by atoms with E-state index in [-0.39, 0.29) is 11.3 Å². The van der Waals surface area contributed by atoms with E-state index in [1.54, 1.807) is 0 Å². The molecule has 0 radical (unpaired) electrons. The predicted molar refractivity (Wildman–Crippen MR) is 100 cm³/mol. The number of hydrogen-bond acceptors (Lipinski definition) is 2. The SMILES string of the molecule is CCCc1ccc(C(=O)CC2=NC(C)(C)Cc3ccccc32)cc1. The Balaban J connectivity index is 1.84. The molecule has 0 atom stereocenters. The summed E-state index contributed by atoms with van der Waals surface area (Å²) in [5, 5.41) is 0. The first-order chi connectivity index (χ1) is 11.5. The summed E-state index contributed by atoms with van der Waals surface area (Å²) in [5.41, 5.74) is 5.26. The first-order valence-corrected chi connectivity index (χ1v) is 8.77. The molecule has 2 aromatic carbocycles. The summed E-state index contributed by atoms with van der Waals surface area (Å²) in [6, 6.07) is 16.4. The summed E-state index contributed by atoms with van der Waals surface area (Å²) in [5.74, 6) is 0.143. The maximum absolute atomic E-state index is 12.7. The second-order valence-electron chi connectivity index (χ2n) is 7.25. The Kier molecular flexibility index (Phi) is 4.66. The van der Waals surface area contributed by atoms with Gasteiger partial charge >= 0.3 is 0 Å². The van der Waals surface area contributed by atoms with Gasteiger partial charge < -0.3 is 0 Å². The second kappa shape index (κ2) is 6.72. The Labute approximate surface area is 144 Å². The molecule has 3 rings (SSSR count). The molecule has 24 heavy (non-hydrogen) atoms. The highest BCUT2D eigenvalue weighted by atomic mass is 16.1. The zero-order valence-corrected chi connectivity index (χ0v) is 14.8. The fourth-order valence-electron chi connectivity index (χ4n) is 3.42. The average molecular weight is 319 g/mol. The minimum absolute atomic E-state index is 0.143. The van der Waals surface area contributed by atoms with Crippen molar-refractivity contribution in [1.29, 1.82) is 0 Å². The number of aryl methyl sites for hydroxylation is 1. The maximum atomic E-state index is 12.7. The first kappa shape index (κ1) is 16.6. The molecule has 0 amide bonds. The first-order valence-electron chi connectivity index (χ1n) is 8.77. The molecular formula is C22H25NO. The Hall–Kier alpha value is -2.22. The van der Waals surface area contributed by atoms with Crippen LogP contribution in [-0.4, -0.2) is 17.0 Å². The highest BCUT2D eigenvalue weighted by Crippen LogP contribution is 2.28. The van der Waals surface area contributed by atoms with Crippen molar-refractivity contribution in [3.05, 3.63) is 70.8 Å². The van der Waals surface area contributed by atoms with Gasteiger partial charge in [0.1, 0.15) is 0 Å². The summed E-state index contributed by atoms with van der Waals surface area (Å²) >= 11 is 0. The van der Waals surface area contributed by atoms with Gasteiger partial charge in [-0.2, -0.15) is 0 Å². The summed E-state index contributed by atoms with van der Waals surface area (Å²) in [7, 11) is 0. The minimum Gasteiger partial charge on any atom is -0.294 e. The number of Topliss-reactive ketones (excluding diaryl/α,β-unsaturated/α-hetero) is 1. The molecule has 0 aliphatic carbocycles. The molecule has 2 heteroatoms. The van der Waals surface area contributed by atoms with Gasteiger partial charge in [-0.05, 0) is 43.4 Å². The van der Waals surface area contributed by atoms with E-state index in [2.05, 4.69) is 51.1 Å². The van der Waals surface area contributed by atoms with Crippen LogP contribution in [0.2, 0.25) is 0 Å². The van der Waals surface area contributed by atoms with Crippen LogP contribution in [0.1, 0.15) is 60.7 Å². The van der Waals surface area contributed by atoms with Crippen molar-refractivity contribution in [3.63, 3.8) is 0 Å². The number of carbonyl (C=O) groups is 1. The summed E-state index contributed by atoms with van der Waals surface area (Å²) < 4.78 is 0. The summed E-state index contributed by atoms with van der Waals surface area (Å²) in [4.78, 5) is 17.6. The molecule has 0 unspecified atom stereocenters. The number of ketones is 1. The van der Waals surface area contributed by atoms with Gasteiger partial charge in [-0.25, -0.2) is 0 Å². The quantitative estimate of drug-likeness (QED) is 0.710. The van der Waals surface area contributed by atoms with E-state index in [0.29, 0.717) is 6.42 Å². The summed E-state index contributed by atoms with van der Waals surface area (Å²) in [6.07, 6.45) is 3.47. The Bertz CT molecular complexity index is 769. The third-order valence-electron chi connectivity index (χ3n) is 4.53. The molecule has 124 valence electrons. The number of nitrogens with zero attached hydrogens (tertiary/aromatic N) is 1. The van der Waals surface area contributed by atoms with Crippen molar-refractivity contribution in [2.24, 2.45) is 4.99 Å². The van der Waals surface area contributed by atoms with Crippen molar-refractivity contribution >= 4 is 11.5 Å². The van der Waals surface area contributed by atoms with E-state index in [0.717, 1.165) is 36.1 Å². The van der Waals surface area contributed by atoms with Crippen LogP contribution in [0.15, 0.2) is 53.5 Å². The lowest BCUT2D eigenvalue weighted by Crippen LogP contribution is -2.29. The van der Waals surface area contributed by atoms with Crippen molar-refractivity contribution < 1.29 is 4.79 Å². The van der Waals surface area contributed by atoms with Gasteiger partial charge in [-0.15, -0.1) is 0 Å². The number of aliphatic imine (C=N–C) groups is 1. The second-order valence-corrected chi connectivity index (χ2v) is 7.25. The summed E-state index contributed by atoms with van der Waals surface area (Å²) in [6.45, 7) is 6.43. The van der Waals surface area contributed by atoms with Gasteiger partial charge in [-0.1, -0.05) is 61.9 Å². The number of rotatable bonds is 5. The van der Waals surface area contributed by atoms with Gasteiger partial charge in [0.15, 0.2) is 5.78 Å². The Morgan fingerprint density at radius 1 is 1.08 bits per heavy atom. The van der Waals surface area contributed by atoms with E-state index < -0.39 is 0 Å². The van der Waals surface area contributed by atoms with E-state index >= 15 is 0 Å². The average Bonchev–Trinajstić information content (AvgIpc) is 2.54. The monoisotopic (exact) mass is 319 g/mol. The van der Waals surface area contributed by atoms with E-state index in [9.17, 15) is 4.79 Å². The van der Waals surface area contributed by atoms with Gasteiger partial charge in [0, 0.05) is 5.56 Å². The Morgan fingerprint density at radius 2 is 1.79 bits per heavy atom. The molecule has 1 aliphatic rings. The van der Waals surface area contributed by atoms with Gasteiger partial charge in [0.2, 0.25) is 0 Å². The molecule has 0 aromatic heterocycles. The van der Waals surface area contributed by atoms with Crippen LogP contribution in [0.3, 0.4) is 0 Å². The van der Waals surface area contributed by atoms with Crippen LogP contribution >= 0.6 is 0 Å². The molecule has 0 fully saturated rings. The van der Waals surface area contributed by atoms with Crippen LogP contribution in [0.4, 0.5) is 0 Å². The minimum atomic E-state index is -0.144. The normalized spacial score (nSPS) is 15.5. The maximum Gasteiger partial charge on any atom is 0.168 e. The molecule has 0 bridgehead atoms. The molecule has 1 aliphatic heterocycles. The van der Waals surface area contributed by atoms with Crippen LogP contribution in [0, 0.1) is 0 Å². The van der Waals surface area contributed by atoms with Crippen molar-refractivity contribution in [2.75, 3.05) is 0 Å². The highest BCUT2D eigenvalue weighted by molar-refractivity contribution is 6.16. The fourth-order valence-corrected chi connectivity index (χ4v) is 3.42. The number of hydrogen-bond donors (Lipinski definition) is 0. The lowest BCUT2D eigenvalue weighted by molar-refractivity contribution is 0.100. The standard InChI is InChI=1S/C22H25NO/c1-4-7-16-10-12-17(13-11-16)21(24)14-20-19-9-6-5-8-18(19)15-22(2,3)23-20/h5-6,8-13H,4,7,14-15H2,1-3H3. The largest absolute Gasteiger partial charge is 0.294 e. The molecule has 0 saturated carbocycles. The Morgan fingerprint density at radius 3 is 2.50 bits per heavy atom. The predicted octanol–water partition coefficient (Wildman–Crippen LogP) is 5.04. The van der Waals surface area contributed by atoms with Crippen molar-refractivity contribution in [2.45, 2.75) is 52.0 Å². The van der Waals surface area contributed by atoms with Gasteiger partial charge in [0.25, 0.3) is 0 Å². The van der Waals surface area contributed by atoms with Crippen LogP contribution < -0.4 is 0 Å². The van der Waals surface area contributed by atoms with Gasteiger partial charge in [-0.3, -0.25) is 9.79 Å². The van der Waals surface area contributed by atoms with Crippen molar-refractivity contribution in [1.82, 2.24) is 0 Å². The lowest BCUT2D eigenvalue weighted by Gasteiger charge is -2.29. The number of carbonyl (C=O) groups excluding carboxylic acids is 1. The molecule has 0 spiro atoms. The third kappa shape index (κ3) is 3.64. The van der Waals surface area contributed by atoms with Crippen molar-refractivity contribution in [3.8, 4) is 0 Å². The smallest absolute Gasteiger partial charge is 0.168 e. The molecule has 0 saturated heterocycles. The number of benzene rings is 2. The topological polar surface area (TPSA) is 29.4 Å². The van der Waals surface area contributed by atoms with E-state index in [4.69, 9.17) is 4.99 Å². The molecular weight excluding hydrogens is 294 g/mol. The molecule has 0 N–H and O–H groups in total. The molecule has 1 heterocycles. The molecule has 2 aromatic rings. The third-order valence-corrected chi connectivity index (χ3v) is 4.53.